The SMILES string of the molecule is COc1ccccc1N1CN(CCC(C)C)Cn2c1nc(C)c(C)c2=O. The van der Waals surface area contributed by atoms with E-state index in [9.17, 15) is 4.79 Å². The number of hydrogen-bond donors (Lipinski definition) is 0. The van der Waals surface area contributed by atoms with Gasteiger partial charge in [0.15, 0.2) is 0 Å². The average Bonchev–Trinajstić information content (AvgIpc) is 2.64. The molecule has 0 aliphatic carbocycles. The molecule has 6 nitrogen and oxygen atoms in total. The van der Waals surface area contributed by atoms with Crippen LogP contribution in [0, 0.1) is 19.8 Å². The van der Waals surface area contributed by atoms with E-state index < -0.39 is 0 Å². The van der Waals surface area contributed by atoms with Crippen molar-refractivity contribution >= 4 is 11.6 Å². The quantitative estimate of drug-likeness (QED) is 0.823. The molecule has 1 aliphatic rings. The molecule has 0 N–H and O–H groups in total. The second kappa shape index (κ2) is 7.50. The predicted octanol–water partition coefficient (Wildman–Crippen LogP) is 3.28. The fourth-order valence-corrected chi connectivity index (χ4v) is 3.20. The smallest absolute Gasteiger partial charge is 0.259 e. The Bertz CT molecular complexity index is 844. The first-order valence-electron chi connectivity index (χ1n) is 9.13. The zero-order valence-corrected chi connectivity index (χ0v) is 16.3. The van der Waals surface area contributed by atoms with Crippen molar-refractivity contribution in [1.29, 1.82) is 0 Å². The lowest BCUT2D eigenvalue weighted by Gasteiger charge is -2.39. The second-order valence-corrected chi connectivity index (χ2v) is 7.32. The van der Waals surface area contributed by atoms with E-state index in [0.717, 1.165) is 30.1 Å². The lowest BCUT2D eigenvalue weighted by Crippen LogP contribution is -2.48. The van der Waals surface area contributed by atoms with Gasteiger partial charge in [-0.3, -0.25) is 19.2 Å². The van der Waals surface area contributed by atoms with E-state index in [1.54, 1.807) is 11.7 Å². The summed E-state index contributed by atoms with van der Waals surface area (Å²) in [5.74, 6) is 2.08. The number of fused-ring (bicyclic) bond motifs is 1. The topological polar surface area (TPSA) is 50.6 Å². The second-order valence-electron chi connectivity index (χ2n) is 7.32. The summed E-state index contributed by atoms with van der Waals surface area (Å²) in [5, 5.41) is 0. The van der Waals surface area contributed by atoms with E-state index in [1.807, 2.05) is 38.1 Å². The number of anilines is 2. The number of aromatic nitrogens is 2. The van der Waals surface area contributed by atoms with Gasteiger partial charge in [0.1, 0.15) is 5.75 Å². The van der Waals surface area contributed by atoms with Crippen molar-refractivity contribution in [2.75, 3.05) is 25.2 Å². The first-order valence-corrected chi connectivity index (χ1v) is 9.13. The Morgan fingerprint density at radius 3 is 2.62 bits per heavy atom. The van der Waals surface area contributed by atoms with Crippen LogP contribution in [0.4, 0.5) is 11.6 Å². The highest BCUT2D eigenvalue weighted by Crippen LogP contribution is 2.34. The van der Waals surface area contributed by atoms with E-state index in [4.69, 9.17) is 9.72 Å². The summed E-state index contributed by atoms with van der Waals surface area (Å²) >= 11 is 0. The largest absolute Gasteiger partial charge is 0.495 e. The summed E-state index contributed by atoms with van der Waals surface area (Å²) < 4.78 is 7.33. The average molecular weight is 356 g/mol. The molecule has 0 unspecified atom stereocenters. The number of nitrogens with zero attached hydrogens (tertiary/aromatic N) is 4. The standard InChI is InChI=1S/C20H28N4O2/c1-14(2)10-11-22-12-23(17-8-6-7-9-18(17)26-5)20-21-16(4)15(3)19(25)24(20)13-22/h6-9,14H,10-13H2,1-5H3. The van der Waals surface area contributed by atoms with E-state index in [2.05, 4.69) is 23.6 Å². The third-order valence-electron chi connectivity index (χ3n) is 4.94. The predicted molar refractivity (Wildman–Crippen MR) is 104 cm³/mol. The highest BCUT2D eigenvalue weighted by molar-refractivity contribution is 5.66. The van der Waals surface area contributed by atoms with Gasteiger partial charge < -0.3 is 4.74 Å². The number of para-hydroxylation sites is 2. The van der Waals surface area contributed by atoms with Crippen LogP contribution in [0.15, 0.2) is 29.1 Å². The van der Waals surface area contributed by atoms with Crippen LogP contribution in [0.25, 0.3) is 0 Å². The van der Waals surface area contributed by atoms with Crippen LogP contribution in [0.3, 0.4) is 0 Å². The monoisotopic (exact) mass is 356 g/mol. The fourth-order valence-electron chi connectivity index (χ4n) is 3.20. The fraction of sp³-hybridized carbons (Fsp3) is 0.500. The summed E-state index contributed by atoms with van der Waals surface area (Å²) in [6.45, 7) is 10.4. The normalized spacial score (nSPS) is 14.6. The van der Waals surface area contributed by atoms with Gasteiger partial charge >= 0.3 is 0 Å². The van der Waals surface area contributed by atoms with Crippen molar-refractivity contribution in [2.45, 2.75) is 40.8 Å². The van der Waals surface area contributed by atoms with Crippen LogP contribution in [-0.2, 0) is 6.67 Å². The van der Waals surface area contributed by atoms with Gasteiger partial charge in [-0.25, -0.2) is 4.98 Å². The molecule has 0 radical (unpaired) electrons. The van der Waals surface area contributed by atoms with E-state index in [0.29, 0.717) is 30.8 Å². The summed E-state index contributed by atoms with van der Waals surface area (Å²) in [5.41, 5.74) is 2.44. The molecule has 1 aromatic carbocycles. The van der Waals surface area contributed by atoms with Gasteiger partial charge in [0.2, 0.25) is 5.95 Å². The maximum Gasteiger partial charge on any atom is 0.259 e. The van der Waals surface area contributed by atoms with Crippen LogP contribution in [0.2, 0.25) is 0 Å². The molecule has 0 amide bonds. The summed E-state index contributed by atoms with van der Waals surface area (Å²) in [7, 11) is 1.67. The summed E-state index contributed by atoms with van der Waals surface area (Å²) in [6, 6.07) is 7.88. The first-order chi connectivity index (χ1) is 12.4. The molecule has 6 heteroatoms. The minimum Gasteiger partial charge on any atom is -0.495 e. The Kier molecular flexibility index (Phi) is 5.32. The molecule has 1 aromatic heterocycles. The molecule has 1 aliphatic heterocycles. The first kappa shape index (κ1) is 18.5. The third-order valence-corrected chi connectivity index (χ3v) is 4.94. The van der Waals surface area contributed by atoms with Crippen molar-refractivity contribution in [3.05, 3.63) is 45.9 Å². The van der Waals surface area contributed by atoms with Crippen LogP contribution in [-0.4, -0.2) is 34.8 Å². The summed E-state index contributed by atoms with van der Waals surface area (Å²) in [6.07, 6.45) is 1.09. The van der Waals surface area contributed by atoms with Gasteiger partial charge in [0.25, 0.3) is 5.56 Å². The molecular formula is C20H28N4O2. The van der Waals surface area contributed by atoms with Crippen molar-refractivity contribution in [3.8, 4) is 5.75 Å². The molecule has 3 rings (SSSR count). The summed E-state index contributed by atoms with van der Waals surface area (Å²) in [4.78, 5) is 22.0. The zero-order valence-electron chi connectivity index (χ0n) is 16.3. The van der Waals surface area contributed by atoms with Crippen molar-refractivity contribution in [3.63, 3.8) is 0 Å². The number of benzene rings is 1. The van der Waals surface area contributed by atoms with Crippen molar-refractivity contribution in [2.24, 2.45) is 5.92 Å². The Morgan fingerprint density at radius 2 is 1.92 bits per heavy atom. The highest BCUT2D eigenvalue weighted by Gasteiger charge is 2.28. The van der Waals surface area contributed by atoms with E-state index in [-0.39, 0.29) is 5.56 Å². The Labute approximate surface area is 155 Å². The highest BCUT2D eigenvalue weighted by atomic mass is 16.5. The van der Waals surface area contributed by atoms with E-state index in [1.165, 1.54) is 0 Å². The maximum atomic E-state index is 12.9. The van der Waals surface area contributed by atoms with Crippen molar-refractivity contribution in [1.82, 2.24) is 14.5 Å². The molecule has 26 heavy (non-hydrogen) atoms. The molecule has 0 atom stereocenters. The number of methoxy groups -OCH3 is 1. The molecule has 0 spiro atoms. The van der Waals surface area contributed by atoms with Gasteiger partial charge in [-0.15, -0.1) is 0 Å². The molecule has 140 valence electrons. The van der Waals surface area contributed by atoms with Crippen LogP contribution < -0.4 is 15.2 Å². The van der Waals surface area contributed by atoms with E-state index >= 15 is 0 Å². The minimum atomic E-state index is 0.0293. The Morgan fingerprint density at radius 1 is 1.19 bits per heavy atom. The molecule has 0 saturated carbocycles. The van der Waals surface area contributed by atoms with Crippen molar-refractivity contribution < 1.29 is 4.74 Å². The van der Waals surface area contributed by atoms with Crippen LogP contribution in [0.5, 0.6) is 5.75 Å². The molecule has 2 aromatic rings. The molecule has 0 saturated heterocycles. The Balaban J connectivity index is 2.10. The van der Waals surface area contributed by atoms with Crippen LogP contribution in [0.1, 0.15) is 31.5 Å². The molecule has 0 fully saturated rings. The molecule has 0 bridgehead atoms. The van der Waals surface area contributed by atoms with Gasteiger partial charge in [0.05, 0.1) is 26.1 Å². The van der Waals surface area contributed by atoms with Gasteiger partial charge in [-0.2, -0.15) is 0 Å². The zero-order chi connectivity index (χ0) is 18.8. The molecule has 2 heterocycles. The number of hydrogen-bond acceptors (Lipinski definition) is 5. The van der Waals surface area contributed by atoms with Gasteiger partial charge in [-0.1, -0.05) is 26.0 Å². The molecular weight excluding hydrogens is 328 g/mol. The number of ether oxygens (including phenoxy) is 1. The lowest BCUT2D eigenvalue weighted by atomic mass is 10.1. The Hall–Kier alpha value is -2.34. The maximum absolute atomic E-state index is 12.9. The number of aryl methyl sites for hydroxylation is 1. The number of rotatable bonds is 5. The minimum absolute atomic E-state index is 0.0293. The van der Waals surface area contributed by atoms with Crippen LogP contribution >= 0.6 is 0 Å². The van der Waals surface area contributed by atoms with Gasteiger partial charge in [0, 0.05) is 17.8 Å². The third kappa shape index (κ3) is 3.46. The lowest BCUT2D eigenvalue weighted by molar-refractivity contribution is 0.188. The van der Waals surface area contributed by atoms with Gasteiger partial charge in [-0.05, 0) is 38.3 Å².